The van der Waals surface area contributed by atoms with Crippen molar-refractivity contribution < 1.29 is 19.4 Å². The van der Waals surface area contributed by atoms with Crippen molar-refractivity contribution in [3.8, 4) is 0 Å². The van der Waals surface area contributed by atoms with E-state index in [9.17, 15) is 14.7 Å². The molecule has 1 N–H and O–H groups in total. The fourth-order valence-electron chi connectivity index (χ4n) is 4.83. The summed E-state index contributed by atoms with van der Waals surface area (Å²) >= 11 is 0. The molecular formula is C15H20O4. The van der Waals surface area contributed by atoms with E-state index in [0.717, 1.165) is 32.1 Å². The zero-order chi connectivity index (χ0) is 13.8. The number of carboxylic acids is 1. The molecule has 4 saturated carbocycles. The summed E-state index contributed by atoms with van der Waals surface area (Å²) in [7, 11) is 0. The quantitative estimate of drug-likeness (QED) is 0.628. The van der Waals surface area contributed by atoms with Gasteiger partial charge < -0.3 is 9.84 Å². The molecular weight excluding hydrogens is 244 g/mol. The van der Waals surface area contributed by atoms with Crippen LogP contribution in [-0.2, 0) is 14.3 Å². The van der Waals surface area contributed by atoms with Gasteiger partial charge in [-0.3, -0.25) is 4.79 Å². The number of aliphatic carboxylic acids is 1. The number of ether oxygens (including phenoxy) is 1. The van der Waals surface area contributed by atoms with Crippen LogP contribution in [0.5, 0.6) is 0 Å². The molecule has 19 heavy (non-hydrogen) atoms. The van der Waals surface area contributed by atoms with Gasteiger partial charge in [-0.05, 0) is 50.9 Å². The van der Waals surface area contributed by atoms with Crippen molar-refractivity contribution in [2.45, 2.75) is 51.0 Å². The first kappa shape index (κ1) is 12.7. The Labute approximate surface area is 112 Å². The van der Waals surface area contributed by atoms with Gasteiger partial charge in [-0.1, -0.05) is 6.58 Å². The molecule has 2 atom stereocenters. The van der Waals surface area contributed by atoms with Crippen molar-refractivity contribution in [3.63, 3.8) is 0 Å². The molecule has 4 nitrogen and oxygen atoms in total. The normalized spacial score (nSPS) is 43.0. The molecule has 104 valence electrons. The number of hydrogen-bond acceptors (Lipinski definition) is 3. The molecule has 0 aromatic rings. The van der Waals surface area contributed by atoms with Crippen LogP contribution in [0.1, 0.15) is 45.4 Å². The summed E-state index contributed by atoms with van der Waals surface area (Å²) in [5.41, 5.74) is -0.807. The molecule has 2 unspecified atom stereocenters. The molecule has 0 heterocycles. The molecule has 0 radical (unpaired) electrons. The molecule has 0 aromatic heterocycles. The molecule has 0 saturated heterocycles. The summed E-state index contributed by atoms with van der Waals surface area (Å²) in [5, 5.41) is 9.58. The third-order valence-corrected chi connectivity index (χ3v) is 5.12. The Balaban J connectivity index is 1.89. The van der Waals surface area contributed by atoms with Crippen molar-refractivity contribution in [2.75, 3.05) is 0 Å². The topological polar surface area (TPSA) is 63.6 Å². The largest absolute Gasteiger partial charge is 0.481 e. The van der Waals surface area contributed by atoms with Gasteiger partial charge in [0.1, 0.15) is 5.60 Å². The van der Waals surface area contributed by atoms with E-state index in [0.29, 0.717) is 23.8 Å². The van der Waals surface area contributed by atoms with Crippen LogP contribution in [0.2, 0.25) is 0 Å². The molecule has 4 rings (SSSR count). The van der Waals surface area contributed by atoms with Crippen molar-refractivity contribution in [1.29, 1.82) is 0 Å². The van der Waals surface area contributed by atoms with Gasteiger partial charge in [-0.15, -0.1) is 0 Å². The second-order valence-electron chi connectivity index (χ2n) is 6.90. The second kappa shape index (κ2) is 3.84. The summed E-state index contributed by atoms with van der Waals surface area (Å²) in [5.74, 6) is -0.287. The van der Waals surface area contributed by atoms with E-state index in [1.54, 1.807) is 6.92 Å². The molecule has 4 bridgehead atoms. The van der Waals surface area contributed by atoms with Crippen LogP contribution in [-0.4, -0.2) is 22.6 Å². The first-order chi connectivity index (χ1) is 8.84. The van der Waals surface area contributed by atoms with Gasteiger partial charge >= 0.3 is 11.9 Å². The maximum absolute atomic E-state index is 11.8. The van der Waals surface area contributed by atoms with E-state index in [-0.39, 0.29) is 5.97 Å². The van der Waals surface area contributed by atoms with E-state index < -0.39 is 17.0 Å². The number of rotatable bonds is 3. The van der Waals surface area contributed by atoms with Crippen LogP contribution >= 0.6 is 0 Å². The lowest BCUT2D eigenvalue weighted by Crippen LogP contribution is -2.59. The summed E-state index contributed by atoms with van der Waals surface area (Å²) in [4.78, 5) is 23.5. The predicted molar refractivity (Wildman–Crippen MR) is 68.4 cm³/mol. The standard InChI is InChI=1S/C15H20O4/c1-9(2)12(16)19-15-6-10-3-11(7-15)5-14(4-10,8-15)13(17)18/h10-11H,1,3-8H2,2H3,(H,17,18). The highest BCUT2D eigenvalue weighted by Crippen LogP contribution is 2.62. The molecule has 0 aromatic carbocycles. The summed E-state index contributed by atoms with van der Waals surface area (Å²) in [6, 6.07) is 0. The Kier molecular flexibility index (Phi) is 2.57. The van der Waals surface area contributed by atoms with E-state index in [1.165, 1.54) is 0 Å². The first-order valence-corrected chi connectivity index (χ1v) is 6.96. The molecule has 4 fully saturated rings. The minimum atomic E-state index is -0.711. The highest BCUT2D eigenvalue weighted by atomic mass is 16.6. The van der Waals surface area contributed by atoms with Crippen LogP contribution in [0, 0.1) is 17.3 Å². The van der Waals surface area contributed by atoms with Crippen LogP contribution in [0.3, 0.4) is 0 Å². The minimum Gasteiger partial charge on any atom is -0.481 e. The fraction of sp³-hybridized carbons (Fsp3) is 0.733. The highest BCUT2D eigenvalue weighted by molar-refractivity contribution is 5.87. The van der Waals surface area contributed by atoms with Crippen LogP contribution < -0.4 is 0 Å². The van der Waals surface area contributed by atoms with Gasteiger partial charge in [0.15, 0.2) is 0 Å². The number of carboxylic acid groups (broad SMARTS) is 1. The summed E-state index contributed by atoms with van der Waals surface area (Å²) in [6.07, 6.45) is 4.76. The number of carbonyl (C=O) groups excluding carboxylic acids is 1. The van der Waals surface area contributed by atoms with Crippen molar-refractivity contribution in [1.82, 2.24) is 0 Å². The lowest BCUT2D eigenvalue weighted by molar-refractivity contribution is -0.207. The van der Waals surface area contributed by atoms with Gasteiger partial charge in [0.05, 0.1) is 5.41 Å². The van der Waals surface area contributed by atoms with Crippen molar-refractivity contribution >= 4 is 11.9 Å². The van der Waals surface area contributed by atoms with Gasteiger partial charge in [-0.25, -0.2) is 4.79 Å². The maximum atomic E-state index is 11.8. The Hall–Kier alpha value is -1.32. The number of esters is 1. The smallest absolute Gasteiger partial charge is 0.333 e. The average molecular weight is 264 g/mol. The molecule has 0 spiro atoms. The van der Waals surface area contributed by atoms with Crippen molar-refractivity contribution in [2.24, 2.45) is 17.3 Å². The average Bonchev–Trinajstić information content (AvgIpc) is 2.25. The predicted octanol–water partition coefficient (Wildman–Crippen LogP) is 2.53. The second-order valence-corrected chi connectivity index (χ2v) is 6.90. The third kappa shape index (κ3) is 1.88. The Morgan fingerprint density at radius 2 is 1.79 bits per heavy atom. The first-order valence-electron chi connectivity index (χ1n) is 6.96. The van der Waals surface area contributed by atoms with E-state index in [1.807, 2.05) is 0 Å². The number of carbonyl (C=O) groups is 2. The van der Waals surface area contributed by atoms with Gasteiger partial charge in [0.2, 0.25) is 0 Å². The van der Waals surface area contributed by atoms with Crippen LogP contribution in [0.25, 0.3) is 0 Å². The van der Waals surface area contributed by atoms with Gasteiger partial charge in [0.25, 0.3) is 0 Å². The van der Waals surface area contributed by atoms with E-state index in [4.69, 9.17) is 4.74 Å². The van der Waals surface area contributed by atoms with E-state index >= 15 is 0 Å². The molecule has 0 amide bonds. The SMILES string of the molecule is C=C(C)C(=O)OC12CC3CC(C1)CC(C(=O)O)(C3)C2. The van der Waals surface area contributed by atoms with E-state index in [2.05, 4.69) is 6.58 Å². The van der Waals surface area contributed by atoms with Crippen LogP contribution in [0.15, 0.2) is 12.2 Å². The maximum Gasteiger partial charge on any atom is 0.333 e. The lowest BCUT2D eigenvalue weighted by Gasteiger charge is -2.59. The molecule has 0 aliphatic heterocycles. The lowest BCUT2D eigenvalue weighted by atomic mass is 9.48. The summed E-state index contributed by atoms with van der Waals surface area (Å²) < 4.78 is 5.69. The molecule has 4 heteroatoms. The van der Waals surface area contributed by atoms with Gasteiger partial charge in [-0.2, -0.15) is 0 Å². The fourth-order valence-corrected chi connectivity index (χ4v) is 4.83. The Morgan fingerprint density at radius 1 is 1.21 bits per heavy atom. The molecule has 4 aliphatic carbocycles. The monoisotopic (exact) mass is 264 g/mol. The Bertz CT molecular complexity index is 451. The van der Waals surface area contributed by atoms with Gasteiger partial charge in [0, 0.05) is 12.0 Å². The third-order valence-electron chi connectivity index (χ3n) is 5.12. The number of hydrogen-bond donors (Lipinski definition) is 1. The zero-order valence-corrected chi connectivity index (χ0v) is 11.3. The minimum absolute atomic E-state index is 0.373. The van der Waals surface area contributed by atoms with Crippen molar-refractivity contribution in [3.05, 3.63) is 12.2 Å². The zero-order valence-electron chi connectivity index (χ0n) is 11.3. The summed E-state index contributed by atoms with van der Waals surface area (Å²) in [6.45, 7) is 5.25. The highest BCUT2D eigenvalue weighted by Gasteiger charge is 2.62. The Morgan fingerprint density at radius 3 is 2.26 bits per heavy atom. The molecule has 4 aliphatic rings. The van der Waals surface area contributed by atoms with Crippen LogP contribution in [0.4, 0.5) is 0 Å².